The summed E-state index contributed by atoms with van der Waals surface area (Å²) in [7, 11) is 0. The van der Waals surface area contributed by atoms with Crippen molar-refractivity contribution < 1.29 is 17.4 Å². The molecule has 6 aromatic heterocycles. The van der Waals surface area contributed by atoms with E-state index in [0.717, 1.165) is 87.6 Å². The quantitative estimate of drug-likeness (QED) is 0.104. The molecule has 4 aliphatic heterocycles. The van der Waals surface area contributed by atoms with Crippen LogP contribution in [0.4, 0.5) is 0 Å². The van der Waals surface area contributed by atoms with Gasteiger partial charge < -0.3 is 19.9 Å². The number of nitrogens with one attached hydrogen (secondary N) is 4. The van der Waals surface area contributed by atoms with Gasteiger partial charge in [-0.3, -0.25) is 0 Å². The zero-order valence-electron chi connectivity index (χ0n) is 43.0. The molecule has 4 aliphatic rings. The molecule has 10 heterocycles. The summed E-state index contributed by atoms with van der Waals surface area (Å²) in [6.07, 6.45) is 0. The Morgan fingerprint density at radius 2 is 0.293 bits per heavy atom. The van der Waals surface area contributed by atoms with Crippen LogP contribution in [0.3, 0.4) is 0 Å². The zero-order chi connectivity index (χ0) is 52.4. The molecule has 4 N–H and O–H groups in total. The molecule has 8 aromatic carbocycles. The molecule has 0 radical (unpaired) electrons. The Bertz CT molecular complexity index is 4400. The number of rotatable bonds is 0. The first kappa shape index (κ1) is 48.9. The summed E-state index contributed by atoms with van der Waals surface area (Å²) in [5.74, 6) is 4.78. The average molecular weight is 1210 g/mol. The zero-order valence-corrected chi connectivity index (χ0v) is 48.3. The van der Waals surface area contributed by atoms with Crippen molar-refractivity contribution in [1.29, 1.82) is 0 Å². The summed E-state index contributed by atoms with van der Waals surface area (Å²) in [6, 6.07) is 64.5. The van der Waals surface area contributed by atoms with Gasteiger partial charge in [0.1, 0.15) is 45.2 Å². The standard InChI is InChI=1S/2C32H18N8.Cr.Sb.3H/c2*1-2-10-18-17(9-1)25-33-26(18)38-28-21-13-5-6-14-22(21)30(35-28)40-32-24-16-8-7-15-23(24)31(36-32)39-29-20-12-4-3-11-19(20)27(34-29)37-25;;;;;/h2*1-16H,(H2,33,34,35,36,37,38,39,40);;;;;. The van der Waals surface area contributed by atoms with Crippen LogP contribution in [0.25, 0.3) is 179 Å². The van der Waals surface area contributed by atoms with Gasteiger partial charge in [-0.1, -0.05) is 194 Å². The molecule has 82 heavy (non-hydrogen) atoms. The summed E-state index contributed by atoms with van der Waals surface area (Å²) in [5.41, 5.74) is 12.9. The smallest absolute Gasteiger partial charge is 0.164 e. The fraction of sp³-hybridized carbons (Fsp3) is 0. The summed E-state index contributed by atoms with van der Waals surface area (Å²) in [5, 5.41) is 7.64. The Balaban J connectivity index is 0.000000137. The Morgan fingerprint density at radius 3 is 0.427 bits per heavy atom. The van der Waals surface area contributed by atoms with Crippen molar-refractivity contribution in [3.05, 3.63) is 194 Å². The van der Waals surface area contributed by atoms with Gasteiger partial charge in [0, 0.05) is 105 Å². The number of hydrogen-bond donors (Lipinski definition) is 4. The van der Waals surface area contributed by atoms with Gasteiger partial charge in [-0.15, -0.1) is 0 Å². The predicted octanol–water partition coefficient (Wildman–Crippen LogP) is 12.6. The normalized spacial score (nSPS) is 11.7. The molecule has 0 atom stereocenters. The minimum Gasteiger partial charge on any atom is -0.324 e. The van der Waals surface area contributed by atoms with Crippen LogP contribution in [-0.4, -0.2) is 104 Å². The summed E-state index contributed by atoms with van der Waals surface area (Å²) in [6.45, 7) is 0. The maximum absolute atomic E-state index is 5.02. The van der Waals surface area contributed by atoms with Gasteiger partial charge in [0.15, 0.2) is 46.6 Å². The molecule has 0 saturated carbocycles. The molecule has 14 aromatic rings. The number of aromatic nitrogens is 16. The molecule has 0 saturated heterocycles. The Morgan fingerprint density at radius 1 is 0.171 bits per heavy atom. The summed E-state index contributed by atoms with van der Waals surface area (Å²) in [4.78, 5) is 73.5. The van der Waals surface area contributed by atoms with Crippen molar-refractivity contribution in [2.24, 2.45) is 0 Å². The van der Waals surface area contributed by atoms with Crippen LogP contribution in [0.2, 0.25) is 0 Å². The second-order valence-corrected chi connectivity index (χ2v) is 19.6. The van der Waals surface area contributed by atoms with E-state index in [1.165, 1.54) is 0 Å². The number of aromatic amines is 4. The fourth-order valence-corrected chi connectivity index (χ4v) is 11.2. The Kier molecular flexibility index (Phi) is 11.5. The first-order chi connectivity index (χ1) is 39.6. The van der Waals surface area contributed by atoms with Crippen LogP contribution in [0.5, 0.6) is 0 Å². The van der Waals surface area contributed by atoms with E-state index in [1.807, 2.05) is 194 Å². The molecule has 16 bridgehead atoms. The molecule has 0 unspecified atom stereocenters. The molecule has 18 rings (SSSR count). The topological polar surface area (TPSA) is 218 Å². The van der Waals surface area contributed by atoms with Gasteiger partial charge in [-0.05, 0) is 0 Å². The minimum absolute atomic E-state index is 0. The molecule has 0 amide bonds. The van der Waals surface area contributed by atoms with Gasteiger partial charge >= 0.3 is 24.4 Å². The van der Waals surface area contributed by atoms with E-state index < -0.39 is 0 Å². The summed E-state index contributed by atoms with van der Waals surface area (Å²) >= 11 is 0. The van der Waals surface area contributed by atoms with Gasteiger partial charge in [-0.25, -0.2) is 59.8 Å². The molecule has 16 nitrogen and oxygen atoms in total. The number of benzene rings is 8. The SMILES string of the molecule is [Cr].[SbH3].c1ccc2c(c1)-c1nc-2nc2[nH]c(nc3nc(nc4[nH]c(n1)c1ccccc41)-c1ccccc1-3)c1ccccc21.c1ccc2c(c1)-c1nc-2nc2[nH]c(nc3nc(nc4[nH]c(n1)c1ccccc41)-c1ccccc1-3)c1ccccc21. The molecule has 0 fully saturated rings. The average Bonchev–Trinajstić information content (AvgIpc) is 4.59. The Labute approximate surface area is 491 Å². The van der Waals surface area contributed by atoms with E-state index in [-0.39, 0.29) is 41.8 Å². The van der Waals surface area contributed by atoms with Crippen molar-refractivity contribution in [2.45, 2.75) is 0 Å². The second kappa shape index (κ2) is 19.3. The molecule has 0 aliphatic carbocycles. The van der Waals surface area contributed by atoms with E-state index in [0.29, 0.717) is 91.8 Å². The maximum Gasteiger partial charge on any atom is 0.164 e. The van der Waals surface area contributed by atoms with E-state index >= 15 is 0 Å². The molecular formula is C64H39CrN16Sb. The number of H-pyrrole nitrogens is 4. The summed E-state index contributed by atoms with van der Waals surface area (Å²) < 4.78 is 0. The van der Waals surface area contributed by atoms with E-state index in [1.54, 1.807) is 0 Å². The van der Waals surface area contributed by atoms with Gasteiger partial charge in [0.2, 0.25) is 0 Å². The molecule has 18 heteroatoms. The van der Waals surface area contributed by atoms with Gasteiger partial charge in [0.25, 0.3) is 0 Å². The third-order valence-electron chi connectivity index (χ3n) is 14.9. The van der Waals surface area contributed by atoms with Crippen molar-refractivity contribution in [2.75, 3.05) is 0 Å². The first-order valence-corrected chi connectivity index (χ1v) is 26.0. The minimum atomic E-state index is 0. The fourth-order valence-electron chi connectivity index (χ4n) is 11.2. The van der Waals surface area contributed by atoms with E-state index in [9.17, 15) is 0 Å². The second-order valence-electron chi connectivity index (χ2n) is 19.6. The van der Waals surface area contributed by atoms with Crippen LogP contribution in [0.15, 0.2) is 194 Å². The van der Waals surface area contributed by atoms with Crippen molar-refractivity contribution in [3.63, 3.8) is 0 Å². The Hall–Kier alpha value is -10.2. The third-order valence-corrected chi connectivity index (χ3v) is 14.9. The maximum atomic E-state index is 5.02. The van der Waals surface area contributed by atoms with Crippen LogP contribution >= 0.6 is 0 Å². The molecule has 0 spiro atoms. The monoisotopic (exact) mass is 1200 g/mol. The van der Waals surface area contributed by atoms with Crippen molar-refractivity contribution >= 4 is 113 Å². The third kappa shape index (κ3) is 7.81. The van der Waals surface area contributed by atoms with Crippen LogP contribution < -0.4 is 0 Å². The predicted molar refractivity (Wildman–Crippen MR) is 322 cm³/mol. The van der Waals surface area contributed by atoms with Crippen LogP contribution in [0.1, 0.15) is 0 Å². The first-order valence-electron chi connectivity index (χ1n) is 26.0. The van der Waals surface area contributed by atoms with Crippen molar-refractivity contribution in [1.82, 2.24) is 79.7 Å². The van der Waals surface area contributed by atoms with Crippen LogP contribution in [-0.2, 0) is 17.4 Å². The molecule has 386 valence electrons. The van der Waals surface area contributed by atoms with E-state index in [2.05, 4.69) is 19.9 Å². The van der Waals surface area contributed by atoms with Crippen LogP contribution in [0, 0.1) is 0 Å². The largest absolute Gasteiger partial charge is 0.324 e. The number of fused-ring (bicyclic) bond motifs is 40. The number of hydrogen-bond acceptors (Lipinski definition) is 12. The van der Waals surface area contributed by atoms with Crippen molar-refractivity contribution in [3.8, 4) is 91.1 Å². The molecular weight excluding hydrogens is 1170 g/mol. The van der Waals surface area contributed by atoms with Gasteiger partial charge in [0.05, 0.1) is 0 Å². The van der Waals surface area contributed by atoms with Gasteiger partial charge in [-0.2, -0.15) is 0 Å². The van der Waals surface area contributed by atoms with E-state index in [4.69, 9.17) is 59.8 Å². The number of nitrogens with zero attached hydrogens (tertiary/aromatic N) is 12.